The third-order valence-corrected chi connectivity index (χ3v) is 8.12. The van der Waals surface area contributed by atoms with Crippen LogP contribution in [0.3, 0.4) is 0 Å². The zero-order valence-electron chi connectivity index (χ0n) is 16.4. The highest BCUT2D eigenvalue weighted by Crippen LogP contribution is 2.43. The van der Waals surface area contributed by atoms with E-state index in [2.05, 4.69) is 0 Å². The molecule has 8 heteroatoms. The highest BCUT2D eigenvalue weighted by Gasteiger charge is 2.45. The van der Waals surface area contributed by atoms with E-state index in [0.717, 1.165) is 5.56 Å². The van der Waals surface area contributed by atoms with Crippen molar-refractivity contribution in [2.45, 2.75) is 36.0 Å². The van der Waals surface area contributed by atoms with Crippen LogP contribution in [0, 0.1) is 5.41 Å². The first-order chi connectivity index (χ1) is 13.5. The Hall–Kier alpha value is -1.38. The minimum Gasteiger partial charge on any atom is -0.395 e. The molecular weight excluding hydrogens is 432 g/mol. The summed E-state index contributed by atoms with van der Waals surface area (Å²) in [4.78, 5) is 13.7. The Labute approximate surface area is 180 Å². The van der Waals surface area contributed by atoms with Gasteiger partial charge in [-0.05, 0) is 29.2 Å². The molecular formula is C21H23ClO5S2. The number of hydrogen-bond acceptors (Lipinski definition) is 6. The van der Waals surface area contributed by atoms with Crippen molar-refractivity contribution in [2.75, 3.05) is 19.0 Å². The van der Waals surface area contributed by atoms with Crippen LogP contribution < -0.4 is 0 Å². The third-order valence-electron chi connectivity index (χ3n) is 4.99. The molecule has 0 fully saturated rings. The van der Waals surface area contributed by atoms with E-state index in [9.17, 15) is 18.3 Å². The number of fused-ring (bicyclic) bond motifs is 1. The third kappa shape index (κ3) is 4.39. The van der Waals surface area contributed by atoms with Crippen molar-refractivity contribution in [3.63, 3.8) is 0 Å². The number of aliphatic hydroxyl groups excluding tert-OH is 1. The minimum atomic E-state index is -4.08. The zero-order valence-corrected chi connectivity index (χ0v) is 18.8. The van der Waals surface area contributed by atoms with Crippen LogP contribution in [0.4, 0.5) is 0 Å². The number of halogens is 1. The first-order valence-corrected chi connectivity index (χ1v) is 11.8. The number of Topliss-reactive ketones (excluding diaryl/α,β-unsaturated/α-hetero) is 1. The van der Waals surface area contributed by atoms with Crippen LogP contribution in [-0.2, 0) is 19.7 Å². The number of thioether (sulfide) groups is 1. The average molecular weight is 455 g/mol. The van der Waals surface area contributed by atoms with Crippen LogP contribution in [0.2, 0.25) is 5.02 Å². The summed E-state index contributed by atoms with van der Waals surface area (Å²) in [6.45, 7) is 5.14. The molecule has 0 saturated carbocycles. The Morgan fingerprint density at radius 3 is 2.41 bits per heavy atom. The second kappa shape index (κ2) is 8.04. The predicted molar refractivity (Wildman–Crippen MR) is 114 cm³/mol. The normalized spacial score (nSPS) is 19.8. The van der Waals surface area contributed by atoms with Gasteiger partial charge < -0.3 is 5.11 Å². The van der Waals surface area contributed by atoms with E-state index in [1.54, 1.807) is 30.3 Å². The maximum Gasteiger partial charge on any atom is 0.297 e. The van der Waals surface area contributed by atoms with E-state index < -0.39 is 28.7 Å². The van der Waals surface area contributed by atoms with Gasteiger partial charge in [0.15, 0.2) is 5.78 Å². The maximum absolute atomic E-state index is 13.0. The molecule has 0 radical (unpaired) electrons. The van der Waals surface area contributed by atoms with Crippen molar-refractivity contribution in [2.24, 2.45) is 5.41 Å². The van der Waals surface area contributed by atoms with Crippen molar-refractivity contribution in [1.29, 1.82) is 0 Å². The van der Waals surface area contributed by atoms with Crippen LogP contribution >= 0.6 is 23.4 Å². The Morgan fingerprint density at radius 2 is 1.83 bits per heavy atom. The highest BCUT2D eigenvalue weighted by atomic mass is 35.5. The molecule has 1 aliphatic heterocycles. The van der Waals surface area contributed by atoms with Gasteiger partial charge in [-0.2, -0.15) is 8.42 Å². The molecule has 0 aromatic heterocycles. The van der Waals surface area contributed by atoms with E-state index in [0.29, 0.717) is 15.5 Å². The fourth-order valence-corrected chi connectivity index (χ4v) is 5.62. The summed E-state index contributed by atoms with van der Waals surface area (Å²) in [6.07, 6.45) is 0. The molecule has 3 rings (SSSR count). The number of benzene rings is 2. The van der Waals surface area contributed by atoms with E-state index in [1.807, 2.05) is 20.8 Å². The van der Waals surface area contributed by atoms with Crippen LogP contribution in [0.5, 0.6) is 0 Å². The highest BCUT2D eigenvalue weighted by molar-refractivity contribution is 7.99. The van der Waals surface area contributed by atoms with Crippen molar-refractivity contribution < 1.29 is 22.5 Å². The summed E-state index contributed by atoms with van der Waals surface area (Å²) >= 11 is 7.47. The summed E-state index contributed by atoms with van der Waals surface area (Å²) in [7, 11) is -4.08. The molecule has 2 aromatic rings. The topological polar surface area (TPSA) is 80.7 Å². The Bertz CT molecular complexity index is 1030. The van der Waals surface area contributed by atoms with Gasteiger partial charge in [0.25, 0.3) is 10.1 Å². The molecule has 0 aliphatic carbocycles. The fourth-order valence-electron chi connectivity index (χ4n) is 3.05. The van der Waals surface area contributed by atoms with Crippen molar-refractivity contribution in [3.8, 4) is 0 Å². The van der Waals surface area contributed by atoms with Gasteiger partial charge in [0, 0.05) is 16.2 Å². The predicted octanol–water partition coefficient (Wildman–Crippen LogP) is 4.31. The van der Waals surface area contributed by atoms with E-state index in [1.165, 1.54) is 23.9 Å². The summed E-state index contributed by atoms with van der Waals surface area (Å²) in [5.74, 6) is -0.188. The Kier molecular flexibility index (Phi) is 6.18. The Morgan fingerprint density at radius 1 is 1.17 bits per heavy atom. The van der Waals surface area contributed by atoms with Gasteiger partial charge in [-0.1, -0.05) is 56.6 Å². The van der Waals surface area contributed by atoms with E-state index >= 15 is 0 Å². The maximum atomic E-state index is 13.0. The monoisotopic (exact) mass is 454 g/mol. The SMILES string of the molecule is CC(C)(C)c1ccc(S(=O)(=O)OCC2(CO)CSc3c(Cl)cccc3C2=O)cc1. The van der Waals surface area contributed by atoms with Crippen LogP contribution in [0.25, 0.3) is 0 Å². The van der Waals surface area contributed by atoms with Gasteiger partial charge >= 0.3 is 0 Å². The molecule has 0 saturated heterocycles. The van der Waals surface area contributed by atoms with Gasteiger partial charge in [-0.3, -0.25) is 8.98 Å². The average Bonchev–Trinajstić information content (AvgIpc) is 2.68. The number of rotatable bonds is 5. The second-order valence-electron chi connectivity index (χ2n) is 8.16. The lowest BCUT2D eigenvalue weighted by Gasteiger charge is -2.34. The lowest BCUT2D eigenvalue weighted by atomic mass is 9.83. The van der Waals surface area contributed by atoms with E-state index in [-0.39, 0.29) is 21.8 Å². The molecule has 1 atom stereocenters. The molecule has 1 N–H and O–H groups in total. The van der Waals surface area contributed by atoms with Crippen molar-refractivity contribution in [1.82, 2.24) is 0 Å². The summed E-state index contributed by atoms with van der Waals surface area (Å²) in [6, 6.07) is 11.5. The largest absolute Gasteiger partial charge is 0.395 e. The number of hydrogen-bond donors (Lipinski definition) is 1. The van der Waals surface area contributed by atoms with Gasteiger partial charge in [-0.25, -0.2) is 0 Å². The van der Waals surface area contributed by atoms with Crippen LogP contribution in [0.15, 0.2) is 52.3 Å². The first kappa shape index (κ1) is 22.3. The Balaban J connectivity index is 1.82. The molecule has 1 heterocycles. The fraction of sp³-hybridized carbons (Fsp3) is 0.381. The molecule has 0 spiro atoms. The summed E-state index contributed by atoms with van der Waals surface area (Å²) in [5, 5.41) is 10.4. The molecule has 1 unspecified atom stereocenters. The minimum absolute atomic E-state index is 0.0120. The summed E-state index contributed by atoms with van der Waals surface area (Å²) < 4.78 is 30.6. The van der Waals surface area contributed by atoms with Gasteiger partial charge in [-0.15, -0.1) is 11.8 Å². The first-order valence-electron chi connectivity index (χ1n) is 9.07. The zero-order chi connectivity index (χ0) is 21.4. The molecule has 0 bridgehead atoms. The number of carbonyl (C=O) groups is 1. The standard InChI is InChI=1S/C21H23ClO5S2/c1-20(2,3)14-7-9-15(10-8-14)29(25,26)27-12-21(11-23)13-28-18-16(19(21)24)5-4-6-17(18)22/h4-10,23H,11-13H2,1-3H3. The van der Waals surface area contributed by atoms with Crippen molar-refractivity contribution in [3.05, 3.63) is 58.6 Å². The van der Waals surface area contributed by atoms with Crippen molar-refractivity contribution >= 4 is 39.3 Å². The number of carbonyl (C=O) groups excluding carboxylic acids is 1. The van der Waals surface area contributed by atoms with Gasteiger partial charge in [0.2, 0.25) is 0 Å². The lowest BCUT2D eigenvalue weighted by Crippen LogP contribution is -2.44. The second-order valence-corrected chi connectivity index (χ2v) is 11.2. The molecule has 2 aromatic carbocycles. The number of ketones is 1. The van der Waals surface area contributed by atoms with Crippen LogP contribution in [-0.4, -0.2) is 38.3 Å². The number of aliphatic hydroxyl groups is 1. The molecule has 29 heavy (non-hydrogen) atoms. The van der Waals surface area contributed by atoms with Crippen LogP contribution in [0.1, 0.15) is 36.7 Å². The lowest BCUT2D eigenvalue weighted by molar-refractivity contribution is 0.0544. The molecule has 156 valence electrons. The van der Waals surface area contributed by atoms with Gasteiger partial charge in [0.1, 0.15) is 0 Å². The molecule has 1 aliphatic rings. The van der Waals surface area contributed by atoms with E-state index in [4.69, 9.17) is 15.8 Å². The molecule has 0 amide bonds. The smallest absolute Gasteiger partial charge is 0.297 e. The molecule has 5 nitrogen and oxygen atoms in total. The summed E-state index contributed by atoms with van der Waals surface area (Å²) in [5.41, 5.74) is -0.0837. The van der Waals surface area contributed by atoms with Gasteiger partial charge in [0.05, 0.1) is 28.5 Å². The quantitative estimate of drug-likeness (QED) is 0.678.